The van der Waals surface area contributed by atoms with Gasteiger partial charge in [-0.2, -0.15) is 0 Å². The van der Waals surface area contributed by atoms with Crippen molar-refractivity contribution in [1.82, 2.24) is 9.55 Å². The zero-order chi connectivity index (χ0) is 14.3. The minimum atomic E-state index is -3.65. The molecule has 0 spiro atoms. The summed E-state index contributed by atoms with van der Waals surface area (Å²) in [6.45, 7) is -0.199. The first-order valence-corrected chi connectivity index (χ1v) is 8.60. The van der Waals surface area contributed by atoms with E-state index in [0.29, 0.717) is 16.7 Å². The van der Waals surface area contributed by atoms with Crippen molar-refractivity contribution in [2.75, 3.05) is 4.72 Å². The molecule has 1 fully saturated rings. The van der Waals surface area contributed by atoms with Crippen LogP contribution in [0.1, 0.15) is 30.1 Å². The van der Waals surface area contributed by atoms with Crippen LogP contribution in [0.15, 0.2) is 22.5 Å². The minimum absolute atomic E-state index is 0.132. The molecule has 2 aromatic rings. The third-order valence-corrected chi connectivity index (χ3v) is 5.51. The third-order valence-electron chi connectivity index (χ3n) is 3.29. The summed E-state index contributed by atoms with van der Waals surface area (Å²) in [5, 5.41) is 11.4. The number of nitrogens with zero attached hydrogens (tertiary/aromatic N) is 2. The van der Waals surface area contributed by atoms with E-state index < -0.39 is 10.0 Å². The fourth-order valence-electron chi connectivity index (χ4n) is 1.95. The maximum Gasteiger partial charge on any atom is 0.265 e. The second-order valence-corrected chi connectivity index (χ2v) is 7.43. The molecule has 108 valence electrons. The molecule has 0 atom stereocenters. The number of anilines is 1. The molecule has 8 heteroatoms. The SMILES string of the molecule is Cn1cc(S(=O)(=O)Nc2nc(C3CC3)cs2)cc1CO. The van der Waals surface area contributed by atoms with Gasteiger partial charge in [0.2, 0.25) is 0 Å². The van der Waals surface area contributed by atoms with E-state index in [2.05, 4.69) is 9.71 Å². The zero-order valence-electron chi connectivity index (χ0n) is 10.9. The Balaban J connectivity index is 1.83. The summed E-state index contributed by atoms with van der Waals surface area (Å²) in [6, 6.07) is 1.46. The van der Waals surface area contributed by atoms with Crippen molar-refractivity contribution in [2.24, 2.45) is 7.05 Å². The first-order valence-electron chi connectivity index (χ1n) is 6.24. The Morgan fingerprint density at radius 2 is 2.30 bits per heavy atom. The summed E-state index contributed by atoms with van der Waals surface area (Å²) in [7, 11) is -1.96. The van der Waals surface area contributed by atoms with Gasteiger partial charge in [-0.1, -0.05) is 0 Å². The predicted molar refractivity (Wildman–Crippen MR) is 76.2 cm³/mol. The summed E-state index contributed by atoms with van der Waals surface area (Å²) >= 11 is 1.30. The molecule has 2 N–H and O–H groups in total. The number of hydrogen-bond acceptors (Lipinski definition) is 5. The average Bonchev–Trinajstić information content (AvgIpc) is 3.02. The molecule has 0 bridgehead atoms. The van der Waals surface area contributed by atoms with E-state index in [4.69, 9.17) is 5.11 Å². The Hall–Kier alpha value is -1.38. The van der Waals surface area contributed by atoms with E-state index in [1.807, 2.05) is 5.38 Å². The van der Waals surface area contributed by atoms with Crippen LogP contribution >= 0.6 is 11.3 Å². The van der Waals surface area contributed by atoms with Crippen LogP contribution in [0.3, 0.4) is 0 Å². The first kappa shape index (κ1) is 13.6. The van der Waals surface area contributed by atoms with Crippen LogP contribution in [0.5, 0.6) is 0 Å². The highest BCUT2D eigenvalue weighted by Crippen LogP contribution is 2.41. The van der Waals surface area contributed by atoms with Gasteiger partial charge in [-0.25, -0.2) is 13.4 Å². The minimum Gasteiger partial charge on any atom is -0.390 e. The molecule has 0 saturated heterocycles. The number of aliphatic hydroxyl groups excluding tert-OH is 1. The molecule has 20 heavy (non-hydrogen) atoms. The summed E-state index contributed by atoms with van der Waals surface area (Å²) < 4.78 is 28.6. The molecule has 0 radical (unpaired) electrons. The number of aromatic nitrogens is 2. The number of hydrogen-bond donors (Lipinski definition) is 2. The first-order chi connectivity index (χ1) is 9.49. The quantitative estimate of drug-likeness (QED) is 0.879. The van der Waals surface area contributed by atoms with Crippen molar-refractivity contribution in [2.45, 2.75) is 30.3 Å². The van der Waals surface area contributed by atoms with Crippen molar-refractivity contribution in [3.8, 4) is 0 Å². The molecular formula is C12H15N3O3S2. The van der Waals surface area contributed by atoms with Crippen LogP contribution in [-0.2, 0) is 23.7 Å². The van der Waals surface area contributed by atoms with Gasteiger partial charge in [0.15, 0.2) is 5.13 Å². The highest BCUT2D eigenvalue weighted by Gasteiger charge is 2.27. The van der Waals surface area contributed by atoms with Crippen LogP contribution in [0.2, 0.25) is 0 Å². The molecular weight excluding hydrogens is 298 g/mol. The number of aryl methyl sites for hydroxylation is 1. The van der Waals surface area contributed by atoms with Crippen molar-refractivity contribution in [3.63, 3.8) is 0 Å². The van der Waals surface area contributed by atoms with E-state index in [0.717, 1.165) is 18.5 Å². The number of nitrogens with one attached hydrogen (secondary N) is 1. The molecule has 1 aliphatic rings. The van der Waals surface area contributed by atoms with E-state index in [1.165, 1.54) is 23.6 Å². The lowest BCUT2D eigenvalue weighted by Gasteiger charge is -2.02. The highest BCUT2D eigenvalue weighted by molar-refractivity contribution is 7.93. The van der Waals surface area contributed by atoms with Crippen LogP contribution in [0.4, 0.5) is 5.13 Å². The van der Waals surface area contributed by atoms with Gasteiger partial charge >= 0.3 is 0 Å². The fraction of sp³-hybridized carbons (Fsp3) is 0.417. The molecule has 0 aromatic carbocycles. The number of rotatable bonds is 5. The number of thiazole rings is 1. The Labute approximate surface area is 121 Å². The van der Waals surface area contributed by atoms with E-state index in [-0.39, 0.29) is 11.5 Å². The normalized spacial score (nSPS) is 15.5. The zero-order valence-corrected chi connectivity index (χ0v) is 12.5. The van der Waals surface area contributed by atoms with Gasteiger partial charge in [0.1, 0.15) is 4.90 Å². The average molecular weight is 313 g/mol. The largest absolute Gasteiger partial charge is 0.390 e. The molecule has 1 aliphatic carbocycles. The van der Waals surface area contributed by atoms with E-state index >= 15 is 0 Å². The maximum absolute atomic E-state index is 12.2. The fourth-order valence-corrected chi connectivity index (χ4v) is 4.09. The van der Waals surface area contributed by atoms with Crippen LogP contribution < -0.4 is 4.72 Å². The molecule has 2 heterocycles. The molecule has 1 saturated carbocycles. The lowest BCUT2D eigenvalue weighted by molar-refractivity contribution is 0.272. The molecule has 2 aromatic heterocycles. The van der Waals surface area contributed by atoms with E-state index in [1.54, 1.807) is 11.6 Å². The Bertz CT molecular complexity index is 729. The van der Waals surface area contributed by atoms with Crippen LogP contribution in [0.25, 0.3) is 0 Å². The molecule has 0 amide bonds. The highest BCUT2D eigenvalue weighted by atomic mass is 32.2. The second-order valence-electron chi connectivity index (χ2n) is 4.89. The van der Waals surface area contributed by atoms with Gasteiger partial charge in [-0.3, -0.25) is 4.72 Å². The van der Waals surface area contributed by atoms with Gasteiger partial charge in [0, 0.05) is 30.2 Å². The van der Waals surface area contributed by atoms with Crippen molar-refractivity contribution < 1.29 is 13.5 Å². The summed E-state index contributed by atoms with van der Waals surface area (Å²) in [5.41, 5.74) is 1.51. The number of aliphatic hydroxyl groups is 1. The maximum atomic E-state index is 12.2. The number of sulfonamides is 1. The van der Waals surface area contributed by atoms with Crippen molar-refractivity contribution in [3.05, 3.63) is 29.0 Å². The lowest BCUT2D eigenvalue weighted by Crippen LogP contribution is -2.12. The summed E-state index contributed by atoms with van der Waals surface area (Å²) in [5.74, 6) is 0.502. The van der Waals surface area contributed by atoms with Gasteiger partial charge in [0.05, 0.1) is 12.3 Å². The summed E-state index contributed by atoms with van der Waals surface area (Å²) in [6.07, 6.45) is 3.74. The summed E-state index contributed by atoms with van der Waals surface area (Å²) in [4.78, 5) is 4.44. The molecule has 3 rings (SSSR count). The van der Waals surface area contributed by atoms with E-state index in [9.17, 15) is 8.42 Å². The smallest absolute Gasteiger partial charge is 0.265 e. The molecule has 0 unspecified atom stereocenters. The standard InChI is InChI=1S/C12H15N3O3S2/c1-15-5-10(4-9(15)6-16)20(17,18)14-12-13-11(7-19-12)8-2-3-8/h4-5,7-8,16H,2-3,6H2,1H3,(H,13,14). The van der Waals surface area contributed by atoms with Crippen molar-refractivity contribution in [1.29, 1.82) is 0 Å². The molecule has 0 aliphatic heterocycles. The van der Waals surface area contributed by atoms with Gasteiger partial charge in [0.25, 0.3) is 10.0 Å². The van der Waals surface area contributed by atoms with Crippen LogP contribution in [0, 0.1) is 0 Å². The topological polar surface area (TPSA) is 84.2 Å². The lowest BCUT2D eigenvalue weighted by atomic mass is 10.3. The monoisotopic (exact) mass is 313 g/mol. The van der Waals surface area contributed by atoms with Gasteiger partial charge in [-0.05, 0) is 18.9 Å². The Kier molecular flexibility index (Phi) is 3.31. The Morgan fingerprint density at radius 3 is 2.90 bits per heavy atom. The molecule has 6 nitrogen and oxygen atoms in total. The third kappa shape index (κ3) is 2.58. The van der Waals surface area contributed by atoms with Crippen LogP contribution in [-0.4, -0.2) is 23.1 Å². The second kappa shape index (κ2) is 4.87. The van der Waals surface area contributed by atoms with Crippen molar-refractivity contribution >= 4 is 26.5 Å². The van der Waals surface area contributed by atoms with Gasteiger partial charge < -0.3 is 9.67 Å². The Morgan fingerprint density at radius 1 is 1.55 bits per heavy atom. The van der Waals surface area contributed by atoms with Gasteiger partial charge in [-0.15, -0.1) is 11.3 Å². The predicted octanol–water partition coefficient (Wildman–Crippen LogP) is 1.65.